The minimum absolute atomic E-state index is 0. The summed E-state index contributed by atoms with van der Waals surface area (Å²) >= 11 is 0. The van der Waals surface area contributed by atoms with Gasteiger partial charge in [0.1, 0.15) is 5.82 Å². The van der Waals surface area contributed by atoms with Gasteiger partial charge in [-0.2, -0.15) is 4.98 Å². The summed E-state index contributed by atoms with van der Waals surface area (Å²) in [4.78, 5) is 26.1. The highest BCUT2D eigenvalue weighted by Crippen LogP contribution is 2.13. The third kappa shape index (κ3) is 4.46. The number of H-pyrrole nitrogens is 1. The van der Waals surface area contributed by atoms with Gasteiger partial charge in [0.05, 0.1) is 30.5 Å². The van der Waals surface area contributed by atoms with Gasteiger partial charge in [-0.05, 0) is 25.5 Å². The number of halogens is 1. The molecule has 0 fully saturated rings. The lowest BCUT2D eigenvalue weighted by Gasteiger charge is -2.26. The van der Waals surface area contributed by atoms with Crippen molar-refractivity contribution in [2.24, 2.45) is 5.73 Å². The van der Waals surface area contributed by atoms with Gasteiger partial charge < -0.3 is 15.2 Å². The monoisotopic (exact) mass is 378 g/mol. The van der Waals surface area contributed by atoms with E-state index in [-0.39, 0.29) is 30.6 Å². The SMILES string of the molecule is CCC(C)N(Cc1noc(CN)n1)Cc1nc2ccccc2c(=O)[nH]1.Cl. The van der Waals surface area contributed by atoms with Gasteiger partial charge in [-0.1, -0.05) is 24.2 Å². The highest BCUT2D eigenvalue weighted by molar-refractivity contribution is 5.85. The highest BCUT2D eigenvalue weighted by atomic mass is 35.5. The molecular formula is C17H23ClN6O2. The normalized spacial score (nSPS) is 12.3. The maximum absolute atomic E-state index is 12.3. The summed E-state index contributed by atoms with van der Waals surface area (Å²) in [7, 11) is 0. The molecule has 0 radical (unpaired) electrons. The number of nitrogens with one attached hydrogen (secondary N) is 1. The third-order valence-corrected chi connectivity index (χ3v) is 4.26. The summed E-state index contributed by atoms with van der Waals surface area (Å²) in [5, 5.41) is 4.54. The molecule has 3 aromatic rings. The maximum Gasteiger partial charge on any atom is 0.258 e. The lowest BCUT2D eigenvalue weighted by atomic mass is 10.2. The predicted octanol–water partition coefficient (Wildman–Crippen LogP) is 1.99. The number of benzene rings is 1. The van der Waals surface area contributed by atoms with E-state index in [0.29, 0.717) is 41.5 Å². The van der Waals surface area contributed by atoms with E-state index >= 15 is 0 Å². The van der Waals surface area contributed by atoms with E-state index in [2.05, 4.69) is 38.9 Å². The van der Waals surface area contributed by atoms with Gasteiger partial charge in [0, 0.05) is 6.04 Å². The van der Waals surface area contributed by atoms with Crippen LogP contribution in [0.2, 0.25) is 0 Å². The lowest BCUT2D eigenvalue weighted by Crippen LogP contribution is -2.33. The molecule has 0 aliphatic rings. The molecule has 140 valence electrons. The smallest absolute Gasteiger partial charge is 0.258 e. The molecule has 26 heavy (non-hydrogen) atoms. The second-order valence-corrected chi connectivity index (χ2v) is 6.00. The first-order chi connectivity index (χ1) is 12.1. The van der Waals surface area contributed by atoms with Crippen molar-refractivity contribution in [2.45, 2.75) is 45.9 Å². The van der Waals surface area contributed by atoms with Crippen molar-refractivity contribution in [2.75, 3.05) is 0 Å². The Morgan fingerprint density at radius 3 is 2.73 bits per heavy atom. The van der Waals surface area contributed by atoms with Crippen LogP contribution in [0.3, 0.4) is 0 Å². The van der Waals surface area contributed by atoms with E-state index in [1.165, 1.54) is 0 Å². The Morgan fingerprint density at radius 1 is 1.27 bits per heavy atom. The Balaban J connectivity index is 0.00000243. The largest absolute Gasteiger partial charge is 0.338 e. The highest BCUT2D eigenvalue weighted by Gasteiger charge is 2.18. The second-order valence-electron chi connectivity index (χ2n) is 6.00. The minimum Gasteiger partial charge on any atom is -0.338 e. The molecule has 3 N–H and O–H groups in total. The van der Waals surface area contributed by atoms with Crippen molar-refractivity contribution < 1.29 is 4.52 Å². The molecule has 0 bridgehead atoms. The molecule has 2 heterocycles. The first-order valence-corrected chi connectivity index (χ1v) is 8.34. The molecule has 2 aromatic heterocycles. The molecule has 1 unspecified atom stereocenters. The van der Waals surface area contributed by atoms with E-state index in [4.69, 9.17) is 10.3 Å². The fourth-order valence-electron chi connectivity index (χ4n) is 2.65. The molecule has 0 aliphatic heterocycles. The van der Waals surface area contributed by atoms with Gasteiger partial charge in [-0.25, -0.2) is 4.98 Å². The van der Waals surface area contributed by atoms with Crippen LogP contribution in [0.1, 0.15) is 37.8 Å². The zero-order valence-corrected chi connectivity index (χ0v) is 15.6. The Bertz CT molecular complexity index is 909. The topological polar surface area (TPSA) is 114 Å². The zero-order chi connectivity index (χ0) is 17.8. The second kappa shape index (κ2) is 8.88. The van der Waals surface area contributed by atoms with Crippen molar-refractivity contribution in [3.63, 3.8) is 0 Å². The zero-order valence-electron chi connectivity index (χ0n) is 14.8. The summed E-state index contributed by atoms with van der Waals surface area (Å²) in [6.45, 7) is 5.42. The number of fused-ring (bicyclic) bond motifs is 1. The number of nitrogens with two attached hydrogens (primary N) is 1. The number of nitrogens with zero attached hydrogens (tertiary/aromatic N) is 4. The number of rotatable bonds is 7. The molecule has 8 nitrogen and oxygen atoms in total. The van der Waals surface area contributed by atoms with Crippen LogP contribution in [0.4, 0.5) is 0 Å². The minimum atomic E-state index is -0.130. The van der Waals surface area contributed by atoms with Crippen molar-refractivity contribution in [3.8, 4) is 0 Å². The van der Waals surface area contributed by atoms with Gasteiger partial charge in [-0.3, -0.25) is 9.69 Å². The van der Waals surface area contributed by atoms with E-state index in [0.717, 1.165) is 6.42 Å². The fraction of sp³-hybridized carbons (Fsp3) is 0.412. The van der Waals surface area contributed by atoms with E-state index in [9.17, 15) is 4.79 Å². The predicted molar refractivity (Wildman–Crippen MR) is 101 cm³/mol. The molecule has 0 aliphatic carbocycles. The van der Waals surface area contributed by atoms with Gasteiger partial charge in [0.25, 0.3) is 5.56 Å². The molecule has 1 atom stereocenters. The summed E-state index contributed by atoms with van der Waals surface area (Å²) in [6, 6.07) is 7.57. The summed E-state index contributed by atoms with van der Waals surface area (Å²) < 4.78 is 5.07. The van der Waals surface area contributed by atoms with Crippen molar-refractivity contribution in [1.82, 2.24) is 25.0 Å². The number of hydrogen-bond acceptors (Lipinski definition) is 7. The number of aromatic amines is 1. The van der Waals surface area contributed by atoms with Gasteiger partial charge >= 0.3 is 0 Å². The Labute approximate surface area is 157 Å². The van der Waals surface area contributed by atoms with Crippen molar-refractivity contribution in [3.05, 3.63) is 52.2 Å². The van der Waals surface area contributed by atoms with E-state index in [1.807, 2.05) is 18.2 Å². The van der Waals surface area contributed by atoms with Crippen LogP contribution < -0.4 is 11.3 Å². The van der Waals surface area contributed by atoms with Crippen LogP contribution in [0.15, 0.2) is 33.6 Å². The standard InChI is InChI=1S/C17H22N6O2.ClH/c1-3-11(2)23(10-15-20-16(8-18)25-22-15)9-14-19-13-7-5-4-6-12(13)17(24)21-14;/h4-7,11H,3,8-10,18H2,1-2H3,(H,19,21,24);1H. The molecule has 0 saturated carbocycles. The average molecular weight is 379 g/mol. The molecule has 1 aromatic carbocycles. The van der Waals surface area contributed by atoms with Crippen LogP contribution in [0.5, 0.6) is 0 Å². The Kier molecular flexibility index (Phi) is 6.84. The average Bonchev–Trinajstić information content (AvgIpc) is 3.08. The van der Waals surface area contributed by atoms with E-state index < -0.39 is 0 Å². The Morgan fingerprint density at radius 2 is 2.04 bits per heavy atom. The van der Waals surface area contributed by atoms with Crippen LogP contribution in [0, 0.1) is 0 Å². The summed E-state index contributed by atoms with van der Waals surface area (Å²) in [5.41, 5.74) is 6.07. The first kappa shape index (κ1) is 20.0. The van der Waals surface area contributed by atoms with Gasteiger partial charge in [-0.15, -0.1) is 12.4 Å². The van der Waals surface area contributed by atoms with Crippen LogP contribution in [0.25, 0.3) is 10.9 Å². The van der Waals surface area contributed by atoms with Crippen LogP contribution in [-0.2, 0) is 19.6 Å². The molecule has 9 heteroatoms. The van der Waals surface area contributed by atoms with Crippen LogP contribution >= 0.6 is 12.4 Å². The lowest BCUT2D eigenvalue weighted by molar-refractivity contribution is 0.174. The quantitative estimate of drug-likeness (QED) is 0.646. The maximum atomic E-state index is 12.3. The van der Waals surface area contributed by atoms with Gasteiger partial charge in [0.2, 0.25) is 5.89 Å². The molecule has 3 rings (SSSR count). The fourth-order valence-corrected chi connectivity index (χ4v) is 2.65. The third-order valence-electron chi connectivity index (χ3n) is 4.26. The summed E-state index contributed by atoms with van der Waals surface area (Å²) in [5.74, 6) is 1.60. The van der Waals surface area contributed by atoms with Crippen LogP contribution in [-0.4, -0.2) is 31.1 Å². The molecular weight excluding hydrogens is 356 g/mol. The first-order valence-electron chi connectivity index (χ1n) is 8.34. The van der Waals surface area contributed by atoms with Crippen molar-refractivity contribution in [1.29, 1.82) is 0 Å². The molecule has 0 saturated heterocycles. The summed E-state index contributed by atoms with van der Waals surface area (Å²) in [6.07, 6.45) is 0.944. The van der Waals surface area contributed by atoms with Crippen molar-refractivity contribution >= 4 is 23.3 Å². The molecule has 0 spiro atoms. The number of para-hydroxylation sites is 1. The van der Waals surface area contributed by atoms with E-state index in [1.54, 1.807) is 6.07 Å². The number of hydrogen-bond donors (Lipinski definition) is 2. The Hall–Kier alpha value is -2.29. The molecule has 0 amide bonds. The number of aromatic nitrogens is 4. The van der Waals surface area contributed by atoms with Gasteiger partial charge in [0.15, 0.2) is 5.82 Å².